The summed E-state index contributed by atoms with van der Waals surface area (Å²) in [5, 5.41) is 51.4. The van der Waals surface area contributed by atoms with E-state index in [1.165, 1.54) is 52.0 Å². The number of aliphatic carboxylic acids is 1. The number of aromatic amines is 1. The minimum atomic E-state index is -2.21. The van der Waals surface area contributed by atoms with Gasteiger partial charge in [-0.25, -0.2) is 26.9 Å². The molecule has 0 radical (unpaired) electrons. The number of halogens is 5. The summed E-state index contributed by atoms with van der Waals surface area (Å²) in [5.74, 6) is -9.24. The van der Waals surface area contributed by atoms with Gasteiger partial charge < -0.3 is 77.7 Å². The average molecular weight is 1810 g/mol. The van der Waals surface area contributed by atoms with E-state index in [2.05, 4.69) is 83.8 Å². The minimum absolute atomic E-state index is 0.00444. The van der Waals surface area contributed by atoms with Crippen molar-refractivity contribution in [2.45, 2.75) is 260 Å². The summed E-state index contributed by atoms with van der Waals surface area (Å²) >= 11 is 0. The molecule has 6 aromatic carbocycles. The van der Waals surface area contributed by atoms with Crippen molar-refractivity contribution in [2.75, 3.05) is 69.5 Å². The van der Waals surface area contributed by atoms with Gasteiger partial charge in [0.25, 0.3) is 0 Å². The van der Waals surface area contributed by atoms with E-state index >= 15 is 0 Å². The predicted octanol–water partition coefficient (Wildman–Crippen LogP) is 13.2. The second-order valence-electron chi connectivity index (χ2n) is 30.8. The maximum Gasteiger partial charge on any atom is 0.303 e. The lowest BCUT2D eigenvalue weighted by molar-refractivity contribution is -0.137. The van der Waals surface area contributed by atoms with Crippen LogP contribution in [0.3, 0.4) is 0 Å². The number of carbonyl (C=O) groups excluding carboxylic acids is 9. The van der Waals surface area contributed by atoms with Crippen molar-refractivity contribution in [1.29, 1.82) is 0 Å². The second-order valence-corrected chi connectivity index (χ2v) is 30.8. The number of H-pyrrole nitrogens is 1. The number of nitrogens with one attached hydrogen (secondary N) is 10. The number of ketones is 8. The Balaban J connectivity index is 0. The zero-order chi connectivity index (χ0) is 97.9. The third-order valence-corrected chi connectivity index (χ3v) is 20.5. The van der Waals surface area contributed by atoms with E-state index in [9.17, 15) is 69.9 Å². The lowest BCUT2D eigenvalue weighted by Crippen LogP contribution is -2.44. The standard InChI is InChI=1S/C25H23F5N2O.C18H21NO2.C12H17NO.C10H21NO.C8H15NO3.C7H10N2O.C7H15NO.2C6H13NO2/c1-14-5-3-4-6-17(14)16-9-7-15(8-10-16)13-19(31-2)25(33)32-12-11-18-20(26)22(28)24(30)23(29)21(18)27;1-14(20)18(19-2)12-15-8-10-17(11-9-15)21-13-16-6-4-3-5-7-16;1-10(14)12(13-2)9-8-11-6-4-3-5-7-11;1-4-5-6-7-8-10(11-3)9(2)12;1-6(10)7(9-2)4-3-5-8(11)12;1-6(10)2-3-7-4-8-5-9-7;1-4-5-7(8-3)6(2)9;1-5(9)6(7-2)3-4-8;1-4(8)6(7-3)5(2)9/h3-10,19,31H,11-13H2,1-2H3,(H,32,33);3-11,18-19H,12-13H2,1-2H3;3-7,12-13H,8-9H2,1-2H3;10-11H,4-8H2,1-3H3;7,9H,3-5H2,1-2H3,(H,11,12);4-5H,2-3H2,1H3,(H,8,9);7-8H,4-5H2,1-3H3;6-8H,3-4H2,1-2H3;4,6-8H,1-3H3/t19-;18-;12-;10-;7-;;7-;6-;4-,6+/m00000.001/s1. The van der Waals surface area contributed by atoms with Crippen molar-refractivity contribution < 1.29 is 90.0 Å². The number of rotatable bonds is 47. The number of hydrogen-bond acceptors (Lipinski definition) is 22. The first-order chi connectivity index (χ1) is 61.3. The number of imidazole rings is 1. The van der Waals surface area contributed by atoms with Gasteiger partial charge in [-0.3, -0.25) is 43.2 Å². The first kappa shape index (κ1) is 121. The van der Waals surface area contributed by atoms with Crippen LogP contribution in [0.15, 0.2) is 146 Å². The monoisotopic (exact) mass is 1810 g/mol. The predicted molar refractivity (Wildman–Crippen MR) is 503 cm³/mol. The molecule has 0 aliphatic carbocycles. The van der Waals surface area contributed by atoms with Crippen LogP contribution in [0.1, 0.15) is 199 Å². The van der Waals surface area contributed by atoms with E-state index in [4.69, 9.17) is 20.1 Å². The molecule has 1 aromatic heterocycles. The second kappa shape index (κ2) is 72.7. The maximum absolute atomic E-state index is 13.8. The Bertz CT molecular complexity index is 4230. The molecule has 0 aliphatic heterocycles. The molecule has 0 unspecified atom stereocenters. The molecule has 0 aliphatic rings. The lowest BCUT2D eigenvalue weighted by Gasteiger charge is -2.17. The van der Waals surface area contributed by atoms with Gasteiger partial charge in [-0.1, -0.05) is 167 Å². The first-order valence-electron chi connectivity index (χ1n) is 43.9. The first-order valence-corrected chi connectivity index (χ1v) is 43.9. The van der Waals surface area contributed by atoms with Gasteiger partial charge in [0.1, 0.15) is 58.6 Å². The van der Waals surface area contributed by atoms with Crippen LogP contribution in [0, 0.1) is 36.0 Å². The van der Waals surface area contributed by atoms with Crippen LogP contribution in [-0.4, -0.2) is 207 Å². The molecule has 718 valence electrons. The number of aliphatic hydroxyl groups excluding tert-OH is 2. The summed E-state index contributed by atoms with van der Waals surface area (Å²) in [6.45, 7) is 20.8. The van der Waals surface area contributed by atoms with Crippen molar-refractivity contribution >= 4 is 58.1 Å². The van der Waals surface area contributed by atoms with E-state index < -0.39 is 71.1 Å². The summed E-state index contributed by atoms with van der Waals surface area (Å²) in [5.41, 5.74) is 7.81. The van der Waals surface area contributed by atoms with Crippen LogP contribution in [0.2, 0.25) is 0 Å². The quantitative estimate of drug-likeness (QED) is 0.00729. The van der Waals surface area contributed by atoms with Gasteiger partial charge in [-0.2, -0.15) is 0 Å². The normalized spacial score (nSPS) is 12.5. The number of likely N-dealkylation sites (N-methyl/N-ethyl adjacent to an activating group) is 8. The zero-order valence-corrected chi connectivity index (χ0v) is 79.6. The summed E-state index contributed by atoms with van der Waals surface area (Å²) in [4.78, 5) is 116. The average Bonchev–Trinajstić information content (AvgIpc) is 1.29. The number of Topliss-reactive ketones (excluding diaryl/α,β-unsaturated/α-hetero) is 8. The van der Waals surface area contributed by atoms with Crippen molar-refractivity contribution in [1.82, 2.24) is 57.8 Å². The van der Waals surface area contributed by atoms with Crippen LogP contribution in [0.5, 0.6) is 5.75 Å². The number of benzene rings is 6. The molecule has 7 rings (SSSR count). The van der Waals surface area contributed by atoms with Gasteiger partial charge in [-0.15, -0.1) is 0 Å². The fourth-order valence-corrected chi connectivity index (χ4v) is 12.6. The number of carboxylic acids is 1. The number of nitrogens with zero attached hydrogens (tertiary/aromatic N) is 1. The maximum atomic E-state index is 13.8. The van der Waals surface area contributed by atoms with Gasteiger partial charge in [0, 0.05) is 43.4 Å². The number of aromatic nitrogens is 2. The summed E-state index contributed by atoms with van der Waals surface area (Å²) in [7, 11) is 14.0. The van der Waals surface area contributed by atoms with Crippen molar-refractivity contribution in [2.24, 2.45) is 0 Å². The summed E-state index contributed by atoms with van der Waals surface area (Å²) in [6, 6.07) is 42.6. The van der Waals surface area contributed by atoms with Crippen LogP contribution in [-0.2, 0) is 86.7 Å². The van der Waals surface area contributed by atoms with Crippen LogP contribution >= 0.6 is 0 Å². The van der Waals surface area contributed by atoms with Gasteiger partial charge in [0.05, 0.1) is 60.8 Å². The molecule has 25 nitrogen and oxygen atoms in total. The number of hydrogen-bond donors (Lipinski definition) is 13. The van der Waals surface area contributed by atoms with E-state index in [1.807, 2.05) is 156 Å². The van der Waals surface area contributed by atoms with Gasteiger partial charge in [0.15, 0.2) is 23.3 Å². The molecule has 129 heavy (non-hydrogen) atoms. The SMILES string of the molecule is CC(=O)CCc1cnc[nH]1.CCCCCC[C@H](NC)C(C)=O.CCC[C@H](NC)C(C)=O.CN[C@@H](CCCC(=O)O)C(C)=O.CN[C@@H](CCO)C(C)=O.CN[C@@H](CCc1ccccc1)C(C)=O.CN[C@@H](Cc1ccc(-c2ccccc2C)cc1)C(=O)NCCc1c(F)c(F)c(F)c(F)c1F.CN[C@@H](Cc1ccc(OCc2ccccc2)cc1)C(C)=O.CN[C@H](C(C)=O)[C@@H](C)O. The highest BCUT2D eigenvalue weighted by Crippen LogP contribution is 2.26. The molecule has 1 amide bonds. The molecular weight excluding hydrogens is 1660 g/mol. The van der Waals surface area contributed by atoms with Crippen LogP contribution < -0.4 is 52.6 Å². The Labute approximate surface area is 762 Å². The molecule has 1 heterocycles. The molecule has 9 atom stereocenters. The van der Waals surface area contributed by atoms with E-state index in [-0.39, 0.29) is 102 Å². The summed E-state index contributed by atoms with van der Waals surface area (Å²) in [6.07, 6.45) is 16.2. The zero-order valence-electron chi connectivity index (χ0n) is 79.6. The highest BCUT2D eigenvalue weighted by molar-refractivity contribution is 5.85. The molecule has 0 spiro atoms. The number of carboxylic acid groups (broad SMARTS) is 1. The number of unbranched alkanes of at least 4 members (excludes halogenated alkanes) is 3. The number of aliphatic hydroxyl groups is 2. The number of ether oxygens (including phenoxy) is 1. The number of amides is 1. The molecule has 30 heteroatoms. The Morgan fingerprint density at radius 2 is 0.868 bits per heavy atom. The molecular formula is C99H148F5N11O14. The Morgan fingerprint density at radius 3 is 1.26 bits per heavy atom. The Morgan fingerprint density at radius 1 is 0.434 bits per heavy atom. The molecule has 0 saturated carbocycles. The molecule has 0 fully saturated rings. The van der Waals surface area contributed by atoms with Gasteiger partial charge in [-0.05, 0) is 247 Å². The van der Waals surface area contributed by atoms with E-state index in [0.717, 1.165) is 83.3 Å². The highest BCUT2D eigenvalue weighted by atomic mass is 19.2. The minimum Gasteiger partial charge on any atom is -0.489 e. The van der Waals surface area contributed by atoms with Crippen molar-refractivity contribution in [3.8, 4) is 16.9 Å². The van der Waals surface area contributed by atoms with Gasteiger partial charge in [0.2, 0.25) is 11.7 Å². The Kier molecular flexibility index (Phi) is 68.1. The fourth-order valence-electron chi connectivity index (χ4n) is 12.6. The number of aryl methyl sites for hydroxylation is 3. The van der Waals surface area contributed by atoms with Crippen LogP contribution in [0.4, 0.5) is 22.0 Å². The topological polar surface area (TPSA) is 378 Å². The van der Waals surface area contributed by atoms with E-state index in [1.54, 1.807) is 82.3 Å². The third kappa shape index (κ3) is 54.2. The third-order valence-electron chi connectivity index (χ3n) is 20.5. The smallest absolute Gasteiger partial charge is 0.303 e. The van der Waals surface area contributed by atoms with Crippen LogP contribution in [0.25, 0.3) is 11.1 Å². The molecule has 0 saturated heterocycles. The lowest BCUT2D eigenvalue weighted by atomic mass is 9.97. The fraction of sp³-hybridized carbons (Fsp3) is 0.505. The van der Waals surface area contributed by atoms with Gasteiger partial charge >= 0.3 is 5.97 Å². The molecule has 13 N–H and O–H groups in total. The summed E-state index contributed by atoms with van der Waals surface area (Å²) < 4.78 is 73.1. The van der Waals surface area contributed by atoms with Crippen molar-refractivity contribution in [3.05, 3.63) is 214 Å². The largest absolute Gasteiger partial charge is 0.489 e. The highest BCUT2D eigenvalue weighted by Gasteiger charge is 2.27. The molecule has 7 aromatic rings. The van der Waals surface area contributed by atoms with Crippen molar-refractivity contribution in [3.63, 3.8) is 0 Å². The Hall–Kier alpha value is -10.1. The molecule has 0 bridgehead atoms. The van der Waals surface area contributed by atoms with E-state index in [0.29, 0.717) is 45.1 Å². The number of carbonyl (C=O) groups is 10.